The van der Waals surface area contributed by atoms with E-state index in [1.165, 1.54) is 10.6 Å². The Morgan fingerprint density at radius 2 is 1.74 bits per heavy atom. The monoisotopic (exact) mass is 428 g/mol. The minimum absolute atomic E-state index is 0.177. The average molecular weight is 428 g/mol. The van der Waals surface area contributed by atoms with E-state index in [9.17, 15) is 18.0 Å². The number of halogens is 3. The summed E-state index contributed by atoms with van der Waals surface area (Å²) in [6.07, 6.45) is -3.69. The fourth-order valence-corrected chi connectivity index (χ4v) is 3.70. The van der Waals surface area contributed by atoms with Crippen molar-refractivity contribution in [3.05, 3.63) is 87.3 Å². The van der Waals surface area contributed by atoms with Crippen LogP contribution < -0.4 is 10.5 Å². The van der Waals surface area contributed by atoms with Crippen molar-refractivity contribution in [2.75, 3.05) is 18.1 Å². The lowest BCUT2D eigenvalue weighted by Gasteiger charge is -2.38. The molecule has 5 nitrogen and oxygen atoms in total. The van der Waals surface area contributed by atoms with Crippen molar-refractivity contribution in [2.24, 2.45) is 0 Å². The standard InChI is InChI=1S/C23H23F3N4O/c1-16-17(2)27-22-29(20-10-6-9-19(13-20)23(24,25)26)14-28(15-30(22)21(16)31)12-11-18-7-4-3-5-8-18/h3-10,13H,11-12,14-15H2,1-2H3. The Balaban J connectivity index is 1.72. The van der Waals surface area contributed by atoms with Gasteiger partial charge in [0.15, 0.2) is 0 Å². The molecule has 31 heavy (non-hydrogen) atoms. The lowest BCUT2D eigenvalue weighted by molar-refractivity contribution is -0.137. The number of hydrogen-bond acceptors (Lipinski definition) is 4. The molecule has 0 N–H and O–H groups in total. The van der Waals surface area contributed by atoms with Crippen LogP contribution in [0, 0.1) is 13.8 Å². The topological polar surface area (TPSA) is 41.4 Å². The van der Waals surface area contributed by atoms with Crippen LogP contribution in [0.4, 0.5) is 24.8 Å². The smallest absolute Gasteiger partial charge is 0.298 e. The molecule has 1 aromatic heterocycles. The minimum Gasteiger partial charge on any atom is -0.298 e. The van der Waals surface area contributed by atoms with Crippen LogP contribution in [-0.2, 0) is 19.3 Å². The first-order valence-corrected chi connectivity index (χ1v) is 10.0. The van der Waals surface area contributed by atoms with Crippen LogP contribution in [0.25, 0.3) is 0 Å². The molecule has 0 bridgehead atoms. The molecule has 0 spiro atoms. The Morgan fingerprint density at radius 3 is 2.45 bits per heavy atom. The summed E-state index contributed by atoms with van der Waals surface area (Å²) in [7, 11) is 0. The van der Waals surface area contributed by atoms with Gasteiger partial charge in [0, 0.05) is 23.5 Å². The predicted octanol–water partition coefficient (Wildman–Crippen LogP) is 4.49. The zero-order chi connectivity index (χ0) is 22.2. The van der Waals surface area contributed by atoms with Gasteiger partial charge in [-0.3, -0.25) is 19.2 Å². The van der Waals surface area contributed by atoms with Crippen molar-refractivity contribution in [2.45, 2.75) is 33.1 Å². The van der Waals surface area contributed by atoms with Crippen molar-refractivity contribution in [1.82, 2.24) is 14.5 Å². The van der Waals surface area contributed by atoms with Crippen LogP contribution in [0.15, 0.2) is 59.4 Å². The first-order valence-electron chi connectivity index (χ1n) is 10.0. The van der Waals surface area contributed by atoms with E-state index in [4.69, 9.17) is 0 Å². The quantitative estimate of drug-likeness (QED) is 0.614. The molecule has 0 radical (unpaired) electrons. The molecule has 8 heteroatoms. The number of anilines is 2. The minimum atomic E-state index is -4.45. The number of aryl methyl sites for hydroxylation is 1. The van der Waals surface area contributed by atoms with Gasteiger partial charge in [-0.15, -0.1) is 0 Å². The maximum atomic E-state index is 13.3. The first kappa shape index (κ1) is 21.1. The van der Waals surface area contributed by atoms with E-state index in [0.29, 0.717) is 42.8 Å². The summed E-state index contributed by atoms with van der Waals surface area (Å²) in [5.74, 6) is 0.364. The second kappa shape index (κ2) is 8.19. The van der Waals surface area contributed by atoms with E-state index in [1.807, 2.05) is 35.2 Å². The fourth-order valence-electron chi connectivity index (χ4n) is 3.70. The third-order valence-electron chi connectivity index (χ3n) is 5.59. The maximum Gasteiger partial charge on any atom is 0.416 e. The average Bonchev–Trinajstić information content (AvgIpc) is 2.76. The van der Waals surface area contributed by atoms with Crippen LogP contribution in [0.5, 0.6) is 0 Å². The second-order valence-electron chi connectivity index (χ2n) is 7.74. The Kier molecular flexibility index (Phi) is 5.58. The van der Waals surface area contributed by atoms with Gasteiger partial charge in [0.1, 0.15) is 0 Å². The van der Waals surface area contributed by atoms with Gasteiger partial charge in [0.25, 0.3) is 5.56 Å². The Bertz CT molecular complexity index is 1140. The number of hydrogen-bond donors (Lipinski definition) is 0. The molecule has 2 heterocycles. The maximum absolute atomic E-state index is 13.3. The molecule has 0 aliphatic carbocycles. The highest BCUT2D eigenvalue weighted by Crippen LogP contribution is 2.34. The Hall–Kier alpha value is -3.13. The van der Waals surface area contributed by atoms with E-state index in [-0.39, 0.29) is 5.56 Å². The predicted molar refractivity (Wildman–Crippen MR) is 113 cm³/mol. The molecule has 0 saturated carbocycles. The second-order valence-corrected chi connectivity index (χ2v) is 7.74. The summed E-state index contributed by atoms with van der Waals surface area (Å²) in [6.45, 7) is 4.78. The van der Waals surface area contributed by atoms with Crippen LogP contribution in [0.3, 0.4) is 0 Å². The molecule has 0 fully saturated rings. The Morgan fingerprint density at radius 1 is 1.00 bits per heavy atom. The van der Waals surface area contributed by atoms with Gasteiger partial charge < -0.3 is 0 Å². The van der Waals surface area contributed by atoms with Crippen LogP contribution in [-0.4, -0.2) is 27.7 Å². The van der Waals surface area contributed by atoms with Gasteiger partial charge in [-0.05, 0) is 44.0 Å². The molecule has 1 aliphatic heterocycles. The normalized spacial score (nSPS) is 14.5. The zero-order valence-electron chi connectivity index (χ0n) is 17.4. The molecular weight excluding hydrogens is 405 g/mol. The van der Waals surface area contributed by atoms with Crippen molar-refractivity contribution in [3.8, 4) is 0 Å². The van der Waals surface area contributed by atoms with Gasteiger partial charge in [-0.2, -0.15) is 13.2 Å². The van der Waals surface area contributed by atoms with Gasteiger partial charge in [0.05, 0.1) is 18.9 Å². The zero-order valence-corrected chi connectivity index (χ0v) is 17.4. The van der Waals surface area contributed by atoms with Crippen molar-refractivity contribution in [3.63, 3.8) is 0 Å². The highest BCUT2D eigenvalue weighted by molar-refractivity contribution is 5.59. The Labute approximate surface area is 178 Å². The van der Waals surface area contributed by atoms with E-state index in [2.05, 4.69) is 4.98 Å². The van der Waals surface area contributed by atoms with Crippen LogP contribution >= 0.6 is 0 Å². The molecular formula is C23H23F3N4O. The number of benzene rings is 2. The molecule has 3 aromatic rings. The molecule has 0 atom stereocenters. The van der Waals surface area contributed by atoms with E-state index < -0.39 is 11.7 Å². The van der Waals surface area contributed by atoms with Crippen molar-refractivity contribution >= 4 is 11.6 Å². The fraction of sp³-hybridized carbons (Fsp3) is 0.304. The third kappa shape index (κ3) is 4.34. The van der Waals surface area contributed by atoms with Crippen molar-refractivity contribution < 1.29 is 13.2 Å². The van der Waals surface area contributed by atoms with Crippen molar-refractivity contribution in [1.29, 1.82) is 0 Å². The SMILES string of the molecule is Cc1nc2n(c(=O)c1C)CN(CCc1ccccc1)CN2c1cccc(C(F)(F)F)c1. The molecule has 1 aliphatic rings. The van der Waals surface area contributed by atoms with Gasteiger partial charge in [-0.1, -0.05) is 36.4 Å². The first-order chi connectivity index (χ1) is 14.7. The van der Waals surface area contributed by atoms with E-state index >= 15 is 0 Å². The molecule has 4 rings (SSSR count). The summed E-state index contributed by atoms with van der Waals surface area (Å²) >= 11 is 0. The summed E-state index contributed by atoms with van der Waals surface area (Å²) < 4.78 is 41.4. The molecule has 0 unspecified atom stereocenters. The highest BCUT2D eigenvalue weighted by atomic mass is 19.4. The highest BCUT2D eigenvalue weighted by Gasteiger charge is 2.32. The van der Waals surface area contributed by atoms with E-state index in [0.717, 1.165) is 24.1 Å². The number of rotatable bonds is 4. The largest absolute Gasteiger partial charge is 0.416 e. The van der Waals surface area contributed by atoms with E-state index in [1.54, 1.807) is 24.8 Å². The summed E-state index contributed by atoms with van der Waals surface area (Å²) in [5, 5.41) is 0. The van der Waals surface area contributed by atoms with Gasteiger partial charge in [-0.25, -0.2) is 4.98 Å². The number of alkyl halides is 3. The lowest BCUT2D eigenvalue weighted by Crippen LogP contribution is -2.48. The number of aromatic nitrogens is 2. The van der Waals surface area contributed by atoms with Crippen LogP contribution in [0.2, 0.25) is 0 Å². The summed E-state index contributed by atoms with van der Waals surface area (Å²) in [6, 6.07) is 15.1. The van der Waals surface area contributed by atoms with Gasteiger partial charge >= 0.3 is 6.18 Å². The number of fused-ring (bicyclic) bond motifs is 1. The van der Waals surface area contributed by atoms with Gasteiger partial charge in [0.2, 0.25) is 5.95 Å². The molecule has 2 aromatic carbocycles. The molecule has 162 valence electrons. The number of nitrogens with zero attached hydrogens (tertiary/aromatic N) is 4. The molecule has 0 saturated heterocycles. The summed E-state index contributed by atoms with van der Waals surface area (Å²) in [4.78, 5) is 21.2. The lowest BCUT2D eigenvalue weighted by atomic mass is 10.1. The molecule has 0 amide bonds. The summed E-state index contributed by atoms with van der Waals surface area (Å²) in [5.41, 5.74) is 1.71. The van der Waals surface area contributed by atoms with Crippen LogP contribution in [0.1, 0.15) is 22.4 Å². The third-order valence-corrected chi connectivity index (χ3v) is 5.59.